The van der Waals surface area contributed by atoms with E-state index in [2.05, 4.69) is 5.32 Å². The SMILES string of the molecule is CC(NC(=O)c1ccco1)C(=O)N1CCC[C@H](C(=O)O)[C@@H]1C. The van der Waals surface area contributed by atoms with E-state index in [0.29, 0.717) is 19.4 Å². The average Bonchev–Trinajstić information content (AvgIpc) is 3.00. The van der Waals surface area contributed by atoms with Gasteiger partial charge in [-0.3, -0.25) is 14.4 Å². The molecule has 1 fully saturated rings. The number of carboxylic acid groups (broad SMARTS) is 1. The molecular formula is C15H20N2O5. The van der Waals surface area contributed by atoms with Crippen LogP contribution in [-0.2, 0) is 9.59 Å². The van der Waals surface area contributed by atoms with Crippen LogP contribution in [0.15, 0.2) is 22.8 Å². The van der Waals surface area contributed by atoms with Crippen LogP contribution in [0.25, 0.3) is 0 Å². The van der Waals surface area contributed by atoms with Gasteiger partial charge in [0.25, 0.3) is 5.91 Å². The van der Waals surface area contributed by atoms with Crippen molar-refractivity contribution in [3.63, 3.8) is 0 Å². The van der Waals surface area contributed by atoms with Gasteiger partial charge in [-0.25, -0.2) is 0 Å². The molecular weight excluding hydrogens is 288 g/mol. The fourth-order valence-corrected chi connectivity index (χ4v) is 2.77. The molecule has 1 aromatic heterocycles. The Morgan fingerprint density at radius 2 is 2.18 bits per heavy atom. The summed E-state index contributed by atoms with van der Waals surface area (Å²) in [6.07, 6.45) is 2.59. The molecule has 2 N–H and O–H groups in total. The Hall–Kier alpha value is -2.31. The first kappa shape index (κ1) is 16.1. The third-order valence-corrected chi connectivity index (χ3v) is 4.05. The zero-order chi connectivity index (χ0) is 16.3. The van der Waals surface area contributed by atoms with Crippen molar-refractivity contribution >= 4 is 17.8 Å². The highest BCUT2D eigenvalue weighted by Crippen LogP contribution is 2.24. The number of amides is 2. The van der Waals surface area contributed by atoms with Gasteiger partial charge in [0.2, 0.25) is 5.91 Å². The predicted octanol–water partition coefficient (Wildman–Crippen LogP) is 1.11. The van der Waals surface area contributed by atoms with Gasteiger partial charge in [-0.15, -0.1) is 0 Å². The summed E-state index contributed by atoms with van der Waals surface area (Å²) in [5.74, 6) is -2.07. The summed E-state index contributed by atoms with van der Waals surface area (Å²) in [6, 6.07) is 1.97. The van der Waals surface area contributed by atoms with E-state index in [0.717, 1.165) is 0 Å². The molecule has 1 aliphatic heterocycles. The van der Waals surface area contributed by atoms with E-state index in [1.54, 1.807) is 19.9 Å². The van der Waals surface area contributed by atoms with Gasteiger partial charge < -0.3 is 19.7 Å². The lowest BCUT2D eigenvalue weighted by molar-refractivity contribution is -0.149. The number of hydrogen-bond acceptors (Lipinski definition) is 4. The second-order valence-electron chi connectivity index (χ2n) is 5.53. The Kier molecular flexibility index (Phi) is 4.85. The van der Waals surface area contributed by atoms with E-state index in [-0.39, 0.29) is 17.7 Å². The number of furan rings is 1. The number of carboxylic acids is 1. The van der Waals surface area contributed by atoms with E-state index in [9.17, 15) is 19.5 Å². The summed E-state index contributed by atoms with van der Waals surface area (Å²) >= 11 is 0. The number of hydrogen-bond donors (Lipinski definition) is 2. The minimum absolute atomic E-state index is 0.134. The molecule has 0 aliphatic carbocycles. The van der Waals surface area contributed by atoms with Gasteiger partial charge in [0.15, 0.2) is 5.76 Å². The first-order chi connectivity index (χ1) is 10.4. The molecule has 0 bridgehead atoms. The zero-order valence-electron chi connectivity index (χ0n) is 12.6. The Balaban J connectivity index is 2.00. The number of carbonyl (C=O) groups is 3. The normalized spacial score (nSPS) is 22.9. The number of nitrogens with one attached hydrogen (secondary N) is 1. The minimum Gasteiger partial charge on any atom is -0.481 e. The van der Waals surface area contributed by atoms with Gasteiger partial charge in [-0.1, -0.05) is 0 Å². The highest BCUT2D eigenvalue weighted by Gasteiger charge is 2.37. The van der Waals surface area contributed by atoms with Crippen LogP contribution in [0.1, 0.15) is 37.2 Å². The van der Waals surface area contributed by atoms with Gasteiger partial charge in [0.1, 0.15) is 6.04 Å². The number of nitrogens with zero attached hydrogens (tertiary/aromatic N) is 1. The van der Waals surface area contributed by atoms with Crippen LogP contribution in [0.5, 0.6) is 0 Å². The fourth-order valence-electron chi connectivity index (χ4n) is 2.77. The predicted molar refractivity (Wildman–Crippen MR) is 77.2 cm³/mol. The number of likely N-dealkylation sites (tertiary alicyclic amines) is 1. The van der Waals surface area contributed by atoms with Crippen molar-refractivity contribution in [1.29, 1.82) is 0 Å². The number of piperidine rings is 1. The third-order valence-electron chi connectivity index (χ3n) is 4.05. The average molecular weight is 308 g/mol. The van der Waals surface area contributed by atoms with Crippen LogP contribution in [0, 0.1) is 5.92 Å². The molecule has 2 amide bonds. The largest absolute Gasteiger partial charge is 0.481 e. The van der Waals surface area contributed by atoms with Crippen LogP contribution in [0.2, 0.25) is 0 Å². The van der Waals surface area contributed by atoms with Crippen molar-refractivity contribution in [2.45, 2.75) is 38.8 Å². The van der Waals surface area contributed by atoms with E-state index in [1.807, 2.05) is 0 Å². The lowest BCUT2D eigenvalue weighted by atomic mass is 9.90. The van der Waals surface area contributed by atoms with Crippen molar-refractivity contribution in [3.8, 4) is 0 Å². The van der Waals surface area contributed by atoms with Crippen molar-refractivity contribution in [2.24, 2.45) is 5.92 Å². The molecule has 22 heavy (non-hydrogen) atoms. The highest BCUT2D eigenvalue weighted by molar-refractivity contribution is 5.95. The summed E-state index contributed by atoms with van der Waals surface area (Å²) in [6.45, 7) is 3.82. The lowest BCUT2D eigenvalue weighted by Gasteiger charge is -2.38. The summed E-state index contributed by atoms with van der Waals surface area (Å²) in [4.78, 5) is 37.1. The van der Waals surface area contributed by atoms with Crippen LogP contribution >= 0.6 is 0 Å². The Morgan fingerprint density at radius 1 is 1.45 bits per heavy atom. The molecule has 0 radical (unpaired) electrons. The molecule has 7 heteroatoms. The molecule has 1 aromatic rings. The van der Waals surface area contributed by atoms with Crippen molar-refractivity contribution in [1.82, 2.24) is 10.2 Å². The quantitative estimate of drug-likeness (QED) is 0.868. The highest BCUT2D eigenvalue weighted by atomic mass is 16.4. The Bertz CT molecular complexity index is 554. The van der Waals surface area contributed by atoms with Crippen LogP contribution in [0.3, 0.4) is 0 Å². The fraction of sp³-hybridized carbons (Fsp3) is 0.533. The topological polar surface area (TPSA) is 99.9 Å². The lowest BCUT2D eigenvalue weighted by Crippen LogP contribution is -2.55. The number of carbonyl (C=O) groups excluding carboxylic acids is 2. The molecule has 2 rings (SSSR count). The smallest absolute Gasteiger partial charge is 0.308 e. The van der Waals surface area contributed by atoms with E-state index < -0.39 is 23.8 Å². The third kappa shape index (κ3) is 3.29. The summed E-state index contributed by atoms with van der Waals surface area (Å²) in [5.41, 5.74) is 0. The standard InChI is InChI=1S/C15H20N2O5/c1-9(16-13(18)12-6-4-8-22-12)14(19)17-7-3-5-11(10(17)2)15(20)21/h4,6,8-11H,3,5,7H2,1-2H3,(H,16,18)(H,20,21)/t9?,10-,11-/m0/s1. The minimum atomic E-state index is -0.891. The van der Waals surface area contributed by atoms with Crippen molar-refractivity contribution in [2.75, 3.05) is 6.54 Å². The van der Waals surface area contributed by atoms with Gasteiger partial charge in [-0.2, -0.15) is 0 Å². The Morgan fingerprint density at radius 3 is 2.77 bits per heavy atom. The monoisotopic (exact) mass is 308 g/mol. The summed E-state index contributed by atoms with van der Waals surface area (Å²) in [5, 5.41) is 11.8. The van der Waals surface area contributed by atoms with Gasteiger partial charge in [0, 0.05) is 12.6 Å². The first-order valence-corrected chi connectivity index (χ1v) is 7.29. The maximum absolute atomic E-state index is 12.5. The molecule has 120 valence electrons. The van der Waals surface area contributed by atoms with Crippen LogP contribution in [-0.4, -0.2) is 46.4 Å². The second-order valence-corrected chi connectivity index (χ2v) is 5.53. The van der Waals surface area contributed by atoms with Crippen LogP contribution < -0.4 is 5.32 Å². The zero-order valence-corrected chi connectivity index (χ0v) is 12.6. The first-order valence-electron chi connectivity index (χ1n) is 7.29. The van der Waals surface area contributed by atoms with Gasteiger partial charge >= 0.3 is 5.97 Å². The van der Waals surface area contributed by atoms with E-state index >= 15 is 0 Å². The van der Waals surface area contributed by atoms with Gasteiger partial charge in [0.05, 0.1) is 12.2 Å². The van der Waals surface area contributed by atoms with E-state index in [4.69, 9.17) is 4.42 Å². The Labute approximate surface area is 128 Å². The maximum atomic E-state index is 12.5. The summed E-state index contributed by atoms with van der Waals surface area (Å²) in [7, 11) is 0. The second kappa shape index (κ2) is 6.64. The molecule has 1 aliphatic rings. The molecule has 3 atom stereocenters. The molecule has 1 saturated heterocycles. The van der Waals surface area contributed by atoms with E-state index in [1.165, 1.54) is 17.2 Å². The molecule has 0 saturated carbocycles. The van der Waals surface area contributed by atoms with Gasteiger partial charge in [-0.05, 0) is 38.8 Å². The molecule has 0 aromatic carbocycles. The number of aliphatic carboxylic acids is 1. The van der Waals surface area contributed by atoms with Crippen molar-refractivity contribution in [3.05, 3.63) is 24.2 Å². The molecule has 7 nitrogen and oxygen atoms in total. The summed E-state index contributed by atoms with van der Waals surface area (Å²) < 4.78 is 4.98. The molecule has 0 spiro atoms. The maximum Gasteiger partial charge on any atom is 0.308 e. The van der Waals surface area contributed by atoms with Crippen molar-refractivity contribution < 1.29 is 23.9 Å². The molecule has 1 unspecified atom stereocenters. The molecule has 2 heterocycles. The van der Waals surface area contributed by atoms with Crippen LogP contribution in [0.4, 0.5) is 0 Å². The number of rotatable bonds is 4.